The lowest BCUT2D eigenvalue weighted by Gasteiger charge is -2.33. The Hall–Kier alpha value is -1.36. The Bertz CT molecular complexity index is 436. The van der Waals surface area contributed by atoms with Crippen LogP contribution in [-0.4, -0.2) is 30.0 Å². The number of benzene rings is 1. The third kappa shape index (κ3) is 2.66. The highest BCUT2D eigenvalue weighted by Gasteiger charge is 2.21. The van der Waals surface area contributed by atoms with E-state index in [4.69, 9.17) is 11.5 Å². The molecule has 1 amide bonds. The molecular weight excluding hydrogens is 234 g/mol. The largest absolute Gasteiger partial charge is 0.399 e. The Morgan fingerprint density at radius 2 is 2.29 bits per heavy atom. The number of primary amides is 1. The number of anilines is 2. The quantitative estimate of drug-likeness (QED) is 0.777. The molecule has 4 N–H and O–H groups in total. The van der Waals surface area contributed by atoms with Crippen molar-refractivity contribution in [2.24, 2.45) is 5.73 Å². The Morgan fingerprint density at radius 3 is 2.94 bits per heavy atom. The van der Waals surface area contributed by atoms with Crippen LogP contribution in [0.4, 0.5) is 11.4 Å². The van der Waals surface area contributed by atoms with Crippen molar-refractivity contribution in [2.75, 3.05) is 29.5 Å². The summed E-state index contributed by atoms with van der Waals surface area (Å²) in [4.78, 5) is 13.6. The van der Waals surface area contributed by atoms with Crippen LogP contribution >= 0.6 is 11.8 Å². The zero-order valence-corrected chi connectivity index (χ0v) is 10.7. The highest BCUT2D eigenvalue weighted by molar-refractivity contribution is 8.00. The van der Waals surface area contributed by atoms with Gasteiger partial charge >= 0.3 is 0 Å². The van der Waals surface area contributed by atoms with Gasteiger partial charge in [-0.1, -0.05) is 6.92 Å². The van der Waals surface area contributed by atoms with E-state index in [1.165, 1.54) is 0 Å². The molecule has 5 heteroatoms. The van der Waals surface area contributed by atoms with Gasteiger partial charge in [0, 0.05) is 29.8 Å². The van der Waals surface area contributed by atoms with Crippen LogP contribution in [0.1, 0.15) is 17.3 Å². The second-order valence-electron chi connectivity index (χ2n) is 4.27. The van der Waals surface area contributed by atoms with E-state index in [0.717, 1.165) is 24.5 Å². The number of thioether (sulfide) groups is 1. The summed E-state index contributed by atoms with van der Waals surface area (Å²) in [5.74, 6) is 0.666. The van der Waals surface area contributed by atoms with Crippen LogP contribution in [0.5, 0.6) is 0 Å². The van der Waals surface area contributed by atoms with Crippen LogP contribution in [0.15, 0.2) is 18.2 Å². The number of hydrogen-bond acceptors (Lipinski definition) is 4. The van der Waals surface area contributed by atoms with Gasteiger partial charge in [0.2, 0.25) is 0 Å². The van der Waals surface area contributed by atoms with Gasteiger partial charge in [0.25, 0.3) is 5.91 Å². The number of carbonyl (C=O) groups is 1. The highest BCUT2D eigenvalue weighted by Crippen LogP contribution is 2.28. The smallest absolute Gasteiger partial charge is 0.250 e. The molecule has 0 bridgehead atoms. The Kier molecular flexibility index (Phi) is 3.47. The fourth-order valence-electron chi connectivity index (χ4n) is 2.06. The number of nitrogen functional groups attached to an aromatic ring is 1. The van der Waals surface area contributed by atoms with Gasteiger partial charge in [0.15, 0.2) is 0 Å². The molecule has 2 rings (SSSR count). The molecule has 4 nitrogen and oxygen atoms in total. The molecule has 92 valence electrons. The molecule has 0 saturated carbocycles. The molecule has 17 heavy (non-hydrogen) atoms. The second kappa shape index (κ2) is 4.87. The first-order chi connectivity index (χ1) is 8.08. The van der Waals surface area contributed by atoms with Crippen LogP contribution in [0.3, 0.4) is 0 Å². The maximum Gasteiger partial charge on any atom is 0.250 e. The molecule has 1 saturated heterocycles. The lowest BCUT2D eigenvalue weighted by atomic mass is 10.1. The lowest BCUT2D eigenvalue weighted by molar-refractivity contribution is 0.100. The number of amides is 1. The molecule has 1 fully saturated rings. The molecule has 1 heterocycles. The van der Waals surface area contributed by atoms with Crippen molar-refractivity contribution in [1.29, 1.82) is 0 Å². The molecule has 1 unspecified atom stereocenters. The molecule has 1 aliphatic rings. The average molecular weight is 251 g/mol. The average Bonchev–Trinajstić information content (AvgIpc) is 2.28. The molecule has 0 radical (unpaired) electrons. The van der Waals surface area contributed by atoms with Crippen LogP contribution in [-0.2, 0) is 0 Å². The van der Waals surface area contributed by atoms with Crippen molar-refractivity contribution in [3.05, 3.63) is 23.8 Å². The van der Waals surface area contributed by atoms with Crippen molar-refractivity contribution < 1.29 is 4.79 Å². The maximum absolute atomic E-state index is 11.4. The Labute approximate surface area is 105 Å². The fourth-order valence-corrected chi connectivity index (χ4v) is 3.07. The first-order valence-electron chi connectivity index (χ1n) is 5.64. The first-order valence-corrected chi connectivity index (χ1v) is 6.68. The van der Waals surface area contributed by atoms with Gasteiger partial charge in [-0.3, -0.25) is 4.79 Å². The summed E-state index contributed by atoms with van der Waals surface area (Å²) in [7, 11) is 0. The SMILES string of the molecule is CC1CN(c2cc(N)ccc2C(N)=O)CCS1. The molecule has 1 atom stereocenters. The fraction of sp³-hybridized carbons (Fsp3) is 0.417. The van der Waals surface area contributed by atoms with Gasteiger partial charge < -0.3 is 16.4 Å². The van der Waals surface area contributed by atoms with E-state index in [1.54, 1.807) is 12.1 Å². The van der Waals surface area contributed by atoms with Gasteiger partial charge in [-0.25, -0.2) is 0 Å². The monoisotopic (exact) mass is 251 g/mol. The van der Waals surface area contributed by atoms with E-state index in [9.17, 15) is 4.79 Å². The van der Waals surface area contributed by atoms with Crippen LogP contribution in [0.2, 0.25) is 0 Å². The van der Waals surface area contributed by atoms with Crippen LogP contribution in [0, 0.1) is 0 Å². The van der Waals surface area contributed by atoms with Gasteiger partial charge in [0.05, 0.1) is 11.3 Å². The van der Waals surface area contributed by atoms with E-state index < -0.39 is 5.91 Å². The minimum Gasteiger partial charge on any atom is -0.399 e. The molecule has 1 aromatic carbocycles. The molecule has 1 aliphatic heterocycles. The number of nitrogens with two attached hydrogens (primary N) is 2. The first kappa shape index (κ1) is 12.1. The molecule has 0 aromatic heterocycles. The van der Waals surface area contributed by atoms with E-state index in [1.807, 2.05) is 17.8 Å². The zero-order chi connectivity index (χ0) is 12.4. The molecule has 0 aliphatic carbocycles. The standard InChI is InChI=1S/C12H17N3OS/c1-8-7-15(4-5-17-8)11-6-9(13)2-3-10(11)12(14)16/h2-3,6,8H,4-5,7,13H2,1H3,(H2,14,16). The van der Waals surface area contributed by atoms with E-state index >= 15 is 0 Å². The van der Waals surface area contributed by atoms with Gasteiger partial charge in [-0.15, -0.1) is 0 Å². The second-order valence-corrected chi connectivity index (χ2v) is 5.81. The van der Waals surface area contributed by atoms with Crippen molar-refractivity contribution >= 4 is 29.0 Å². The number of rotatable bonds is 2. The summed E-state index contributed by atoms with van der Waals surface area (Å²) in [5, 5.41) is 0.561. The summed E-state index contributed by atoms with van der Waals surface area (Å²) in [6.45, 7) is 4.04. The number of nitrogens with zero attached hydrogens (tertiary/aromatic N) is 1. The summed E-state index contributed by atoms with van der Waals surface area (Å²) < 4.78 is 0. The van der Waals surface area contributed by atoms with Crippen LogP contribution < -0.4 is 16.4 Å². The molecular formula is C12H17N3OS. The van der Waals surface area contributed by atoms with Gasteiger partial charge in [-0.05, 0) is 18.2 Å². The van der Waals surface area contributed by atoms with Crippen molar-refractivity contribution in [3.63, 3.8) is 0 Å². The van der Waals surface area contributed by atoms with Gasteiger partial charge in [-0.2, -0.15) is 11.8 Å². The highest BCUT2D eigenvalue weighted by atomic mass is 32.2. The molecule has 1 aromatic rings. The van der Waals surface area contributed by atoms with Crippen molar-refractivity contribution in [1.82, 2.24) is 0 Å². The normalized spacial score (nSPS) is 20.3. The summed E-state index contributed by atoms with van der Waals surface area (Å²) in [6, 6.07) is 5.26. The minimum absolute atomic E-state index is 0.397. The van der Waals surface area contributed by atoms with Crippen LogP contribution in [0.25, 0.3) is 0 Å². The third-order valence-corrected chi connectivity index (χ3v) is 4.01. The van der Waals surface area contributed by atoms with Crippen molar-refractivity contribution in [2.45, 2.75) is 12.2 Å². The minimum atomic E-state index is -0.397. The number of carbonyl (C=O) groups excluding carboxylic acids is 1. The third-order valence-electron chi connectivity index (χ3n) is 2.87. The Balaban J connectivity index is 2.35. The Morgan fingerprint density at radius 1 is 1.53 bits per heavy atom. The molecule has 0 spiro atoms. The summed E-state index contributed by atoms with van der Waals surface area (Å²) in [5.41, 5.74) is 13.3. The summed E-state index contributed by atoms with van der Waals surface area (Å²) in [6.07, 6.45) is 0. The van der Waals surface area contributed by atoms with Gasteiger partial charge in [0.1, 0.15) is 0 Å². The van der Waals surface area contributed by atoms with E-state index in [2.05, 4.69) is 11.8 Å². The van der Waals surface area contributed by atoms with E-state index in [-0.39, 0.29) is 0 Å². The summed E-state index contributed by atoms with van der Waals surface area (Å²) >= 11 is 1.95. The zero-order valence-electron chi connectivity index (χ0n) is 9.85. The predicted octanol–water partition coefficient (Wildman–Crippen LogP) is 1.31. The van der Waals surface area contributed by atoms with E-state index in [0.29, 0.717) is 16.5 Å². The topological polar surface area (TPSA) is 72.3 Å². The van der Waals surface area contributed by atoms with Crippen molar-refractivity contribution in [3.8, 4) is 0 Å². The maximum atomic E-state index is 11.4. The lowest BCUT2D eigenvalue weighted by Crippen LogP contribution is -2.37. The predicted molar refractivity (Wildman–Crippen MR) is 73.5 cm³/mol. The number of hydrogen-bond donors (Lipinski definition) is 2.